The second kappa shape index (κ2) is 6.89. The highest BCUT2D eigenvalue weighted by Gasteiger charge is 2.24. The van der Waals surface area contributed by atoms with Crippen molar-refractivity contribution < 1.29 is 13.9 Å². The summed E-state index contributed by atoms with van der Waals surface area (Å²) in [5.41, 5.74) is 0.977. The molecule has 1 aromatic carbocycles. The summed E-state index contributed by atoms with van der Waals surface area (Å²) in [6.07, 6.45) is 6.51. The number of esters is 1. The summed E-state index contributed by atoms with van der Waals surface area (Å²) >= 11 is 5.69. The molecule has 2 nitrogen and oxygen atoms in total. The number of halogens is 2. The average molecular weight is 297 g/mol. The van der Waals surface area contributed by atoms with Crippen LogP contribution in [0.5, 0.6) is 0 Å². The zero-order chi connectivity index (χ0) is 14.5. The fourth-order valence-electron chi connectivity index (χ4n) is 2.62. The zero-order valence-corrected chi connectivity index (χ0v) is 12.2. The maximum Gasteiger partial charge on any atom is 0.330 e. The monoisotopic (exact) mass is 296 g/mol. The van der Waals surface area contributed by atoms with Crippen molar-refractivity contribution >= 4 is 17.6 Å². The molecule has 1 fully saturated rings. The molecular weight excluding hydrogens is 279 g/mol. The van der Waals surface area contributed by atoms with Gasteiger partial charge >= 0.3 is 5.97 Å². The third kappa shape index (κ3) is 3.83. The predicted octanol–water partition coefficient (Wildman–Crippen LogP) is 4.62. The Balaban J connectivity index is 1.90. The highest BCUT2D eigenvalue weighted by molar-refractivity contribution is 6.30. The molecule has 0 unspecified atom stereocenters. The predicted molar refractivity (Wildman–Crippen MR) is 77.3 cm³/mol. The fraction of sp³-hybridized carbons (Fsp3) is 0.438. The number of ether oxygens (including phenoxy) is 1. The van der Waals surface area contributed by atoms with E-state index >= 15 is 0 Å². The molecule has 0 bridgehead atoms. The molecule has 1 aliphatic carbocycles. The molecule has 108 valence electrons. The summed E-state index contributed by atoms with van der Waals surface area (Å²) in [6.45, 7) is 1.78. The third-order valence-electron chi connectivity index (χ3n) is 3.67. The lowest BCUT2D eigenvalue weighted by atomic mass is 9.83. The summed E-state index contributed by atoms with van der Waals surface area (Å²) in [6, 6.07) is 4.99. The molecule has 0 N–H and O–H groups in total. The van der Waals surface area contributed by atoms with Crippen LogP contribution in [-0.2, 0) is 9.53 Å². The van der Waals surface area contributed by atoms with E-state index in [1.807, 2.05) is 6.07 Å². The van der Waals surface area contributed by atoms with Gasteiger partial charge in [-0.15, -0.1) is 0 Å². The Kier molecular flexibility index (Phi) is 5.18. The molecule has 0 amide bonds. The van der Waals surface area contributed by atoms with Gasteiger partial charge in [0.25, 0.3) is 0 Å². The largest absolute Gasteiger partial charge is 0.459 e. The van der Waals surface area contributed by atoms with E-state index in [2.05, 4.69) is 0 Å². The molecule has 1 aromatic rings. The van der Waals surface area contributed by atoms with Crippen molar-refractivity contribution in [2.75, 3.05) is 0 Å². The van der Waals surface area contributed by atoms with Crippen molar-refractivity contribution in [2.45, 2.75) is 44.6 Å². The van der Waals surface area contributed by atoms with Crippen LogP contribution in [0.4, 0.5) is 4.39 Å². The van der Waals surface area contributed by atoms with Gasteiger partial charge in [-0.1, -0.05) is 23.7 Å². The molecule has 1 saturated carbocycles. The van der Waals surface area contributed by atoms with Crippen LogP contribution in [-0.4, -0.2) is 12.1 Å². The fourth-order valence-corrected chi connectivity index (χ4v) is 2.74. The van der Waals surface area contributed by atoms with Crippen molar-refractivity contribution in [3.8, 4) is 0 Å². The average Bonchev–Trinajstić information content (AvgIpc) is 2.43. The van der Waals surface area contributed by atoms with E-state index in [-0.39, 0.29) is 22.9 Å². The Labute approximate surface area is 123 Å². The molecule has 2 rings (SSSR count). The lowest BCUT2D eigenvalue weighted by molar-refractivity contribution is -0.144. The first-order chi connectivity index (χ1) is 9.60. The van der Waals surface area contributed by atoms with E-state index in [1.54, 1.807) is 19.1 Å². The molecule has 0 spiro atoms. The first-order valence-electron chi connectivity index (χ1n) is 6.88. The van der Waals surface area contributed by atoms with Crippen molar-refractivity contribution in [1.82, 2.24) is 0 Å². The maximum absolute atomic E-state index is 13.5. The van der Waals surface area contributed by atoms with Gasteiger partial charge in [-0.25, -0.2) is 9.18 Å². The smallest absolute Gasteiger partial charge is 0.330 e. The Bertz CT molecular complexity index is 505. The zero-order valence-electron chi connectivity index (χ0n) is 11.4. The van der Waals surface area contributed by atoms with E-state index in [1.165, 1.54) is 12.1 Å². The maximum atomic E-state index is 13.5. The molecule has 0 radical (unpaired) electrons. The number of allylic oxidation sites excluding steroid dienone is 1. The van der Waals surface area contributed by atoms with Gasteiger partial charge in [-0.3, -0.25) is 0 Å². The van der Waals surface area contributed by atoms with E-state index in [0.29, 0.717) is 5.92 Å². The Morgan fingerprint density at radius 1 is 1.35 bits per heavy atom. The molecule has 20 heavy (non-hydrogen) atoms. The van der Waals surface area contributed by atoms with Crippen LogP contribution < -0.4 is 0 Å². The Hall–Kier alpha value is -1.35. The van der Waals surface area contributed by atoms with Crippen LogP contribution in [0.2, 0.25) is 5.02 Å². The van der Waals surface area contributed by atoms with Gasteiger partial charge in [-0.2, -0.15) is 0 Å². The van der Waals surface area contributed by atoms with Crippen LogP contribution in [0, 0.1) is 5.82 Å². The minimum atomic E-state index is -0.370. The molecule has 1 aliphatic rings. The molecule has 0 aromatic heterocycles. The number of carbonyl (C=O) groups is 1. The van der Waals surface area contributed by atoms with Crippen molar-refractivity contribution in [3.63, 3.8) is 0 Å². The molecule has 0 heterocycles. The highest BCUT2D eigenvalue weighted by atomic mass is 35.5. The van der Waals surface area contributed by atoms with Gasteiger partial charge in [0.05, 0.1) is 5.02 Å². The first-order valence-corrected chi connectivity index (χ1v) is 7.26. The van der Waals surface area contributed by atoms with Crippen LogP contribution in [0.3, 0.4) is 0 Å². The van der Waals surface area contributed by atoms with E-state index < -0.39 is 0 Å². The van der Waals surface area contributed by atoms with Crippen molar-refractivity contribution in [3.05, 3.63) is 46.8 Å². The van der Waals surface area contributed by atoms with Crippen LogP contribution in [0.1, 0.15) is 44.1 Å². The first kappa shape index (κ1) is 15.0. The molecule has 0 saturated heterocycles. The van der Waals surface area contributed by atoms with Gasteiger partial charge in [0.15, 0.2) is 0 Å². The minimum absolute atomic E-state index is 0.0212. The van der Waals surface area contributed by atoms with E-state index in [4.69, 9.17) is 16.3 Å². The van der Waals surface area contributed by atoms with Crippen molar-refractivity contribution in [2.24, 2.45) is 0 Å². The summed E-state index contributed by atoms with van der Waals surface area (Å²) < 4.78 is 18.8. The summed E-state index contributed by atoms with van der Waals surface area (Å²) in [5, 5.41) is 0.155. The third-order valence-corrected chi connectivity index (χ3v) is 3.98. The molecule has 0 aliphatic heterocycles. The van der Waals surface area contributed by atoms with Crippen LogP contribution >= 0.6 is 11.6 Å². The normalized spacial score (nSPS) is 22.9. The van der Waals surface area contributed by atoms with Crippen LogP contribution in [0.25, 0.3) is 0 Å². The summed E-state index contributed by atoms with van der Waals surface area (Å²) in [5.74, 6) is -0.335. The standard InChI is InChI=1S/C16H18ClFO2/c1-2-3-16(19)20-13-7-4-11(5-8-13)12-6-9-14(17)15(18)10-12/h2-3,6,9-11,13H,4-5,7-8H2,1H3/b3-2+. The Morgan fingerprint density at radius 3 is 2.65 bits per heavy atom. The molecule has 4 heteroatoms. The summed E-state index contributed by atoms with van der Waals surface area (Å²) in [4.78, 5) is 11.4. The summed E-state index contributed by atoms with van der Waals surface area (Å²) in [7, 11) is 0. The van der Waals surface area contributed by atoms with Gasteiger partial charge in [0, 0.05) is 6.08 Å². The van der Waals surface area contributed by atoms with Crippen molar-refractivity contribution in [1.29, 1.82) is 0 Å². The van der Waals surface area contributed by atoms with E-state index in [0.717, 1.165) is 31.2 Å². The number of carbonyl (C=O) groups excluding carboxylic acids is 1. The lowest BCUT2D eigenvalue weighted by Crippen LogP contribution is -2.23. The molecule has 0 atom stereocenters. The lowest BCUT2D eigenvalue weighted by Gasteiger charge is -2.28. The van der Waals surface area contributed by atoms with Gasteiger partial charge in [0.2, 0.25) is 0 Å². The second-order valence-electron chi connectivity index (χ2n) is 5.08. The number of benzene rings is 1. The quantitative estimate of drug-likeness (QED) is 0.601. The van der Waals surface area contributed by atoms with Gasteiger partial charge < -0.3 is 4.74 Å². The second-order valence-corrected chi connectivity index (χ2v) is 5.49. The highest BCUT2D eigenvalue weighted by Crippen LogP contribution is 2.35. The van der Waals surface area contributed by atoms with E-state index in [9.17, 15) is 9.18 Å². The molecular formula is C16H18ClFO2. The minimum Gasteiger partial charge on any atom is -0.459 e. The number of rotatable bonds is 3. The Morgan fingerprint density at radius 2 is 2.05 bits per heavy atom. The number of hydrogen-bond acceptors (Lipinski definition) is 2. The number of hydrogen-bond donors (Lipinski definition) is 0. The van der Waals surface area contributed by atoms with Gasteiger partial charge in [-0.05, 0) is 56.2 Å². The topological polar surface area (TPSA) is 26.3 Å². The van der Waals surface area contributed by atoms with Gasteiger partial charge in [0.1, 0.15) is 11.9 Å². The van der Waals surface area contributed by atoms with Crippen LogP contribution in [0.15, 0.2) is 30.4 Å². The SMILES string of the molecule is C/C=C/C(=O)OC1CCC(c2ccc(Cl)c(F)c2)CC1.